The van der Waals surface area contributed by atoms with Crippen LogP contribution in [0.25, 0.3) is 10.4 Å². The molecule has 1 saturated heterocycles. The van der Waals surface area contributed by atoms with Crippen molar-refractivity contribution in [2.45, 2.75) is 56.3 Å². The maximum Gasteiger partial charge on any atom is 0.404 e. The van der Waals surface area contributed by atoms with E-state index in [1.165, 1.54) is 10.8 Å². The van der Waals surface area contributed by atoms with Gasteiger partial charge in [0.2, 0.25) is 10.0 Å². The number of thiazole rings is 1. The zero-order valence-corrected chi connectivity index (χ0v) is 21.2. The fourth-order valence-corrected chi connectivity index (χ4v) is 6.57. The first-order valence-corrected chi connectivity index (χ1v) is 13.2. The molecule has 3 rings (SSSR count). The van der Waals surface area contributed by atoms with Crippen molar-refractivity contribution in [2.24, 2.45) is 0 Å². The van der Waals surface area contributed by atoms with Crippen molar-refractivity contribution < 1.29 is 26.4 Å². The van der Waals surface area contributed by atoms with Gasteiger partial charge in [0.05, 0.1) is 14.9 Å². The van der Waals surface area contributed by atoms with Crippen molar-refractivity contribution in [3.63, 3.8) is 0 Å². The van der Waals surface area contributed by atoms with Crippen LogP contribution >= 0.6 is 34.5 Å². The van der Waals surface area contributed by atoms with Crippen molar-refractivity contribution in [1.82, 2.24) is 14.6 Å². The second kappa shape index (κ2) is 10.0. The van der Waals surface area contributed by atoms with Gasteiger partial charge in [-0.15, -0.1) is 17.8 Å². The van der Waals surface area contributed by atoms with Gasteiger partial charge in [-0.05, 0) is 45.1 Å². The number of terminal acetylenes is 1. The van der Waals surface area contributed by atoms with Crippen LogP contribution in [-0.4, -0.2) is 49.0 Å². The largest absolute Gasteiger partial charge is 0.404 e. The molecule has 0 aliphatic carbocycles. The van der Waals surface area contributed by atoms with Gasteiger partial charge in [-0.2, -0.15) is 17.9 Å². The molecule has 6 nitrogen and oxygen atoms in total. The summed E-state index contributed by atoms with van der Waals surface area (Å²) in [5.74, 6) is 2.04. The lowest BCUT2D eigenvalue weighted by molar-refractivity contribution is -0.147. The molecule has 1 fully saturated rings. The number of hydrogen-bond donors (Lipinski definition) is 1. The molecule has 1 N–H and O–H groups in total. The maximum absolute atomic E-state index is 13.3. The number of nitrogens with zero attached hydrogens (tertiary/aromatic N) is 2. The zero-order valence-electron chi connectivity index (χ0n) is 18.0. The van der Waals surface area contributed by atoms with E-state index in [1.54, 1.807) is 4.90 Å². The Morgan fingerprint density at radius 3 is 2.59 bits per heavy atom. The molecule has 184 valence electrons. The quantitative estimate of drug-likeness (QED) is 0.506. The highest BCUT2D eigenvalue weighted by atomic mass is 35.5. The Kier molecular flexibility index (Phi) is 7.89. The van der Waals surface area contributed by atoms with E-state index < -0.39 is 32.2 Å². The third-order valence-electron chi connectivity index (χ3n) is 5.42. The average molecular weight is 554 g/mol. The molecule has 0 radical (unpaired) electrons. The molecule has 13 heteroatoms. The van der Waals surface area contributed by atoms with Gasteiger partial charge >= 0.3 is 6.18 Å². The zero-order chi connectivity index (χ0) is 25.4. The van der Waals surface area contributed by atoms with E-state index in [-0.39, 0.29) is 33.2 Å². The van der Waals surface area contributed by atoms with Crippen molar-refractivity contribution in [3.05, 3.63) is 32.9 Å². The second-order valence-corrected chi connectivity index (χ2v) is 11.2. The number of sulfonamides is 1. The van der Waals surface area contributed by atoms with E-state index in [4.69, 9.17) is 29.6 Å². The summed E-state index contributed by atoms with van der Waals surface area (Å²) in [5, 5.41) is -0.522. The number of alkyl halides is 3. The predicted molar refractivity (Wildman–Crippen MR) is 126 cm³/mol. The number of rotatable bonds is 5. The van der Waals surface area contributed by atoms with Crippen molar-refractivity contribution in [3.8, 4) is 22.8 Å². The van der Waals surface area contributed by atoms with E-state index in [9.17, 15) is 26.4 Å². The first kappa shape index (κ1) is 26.8. The standard InChI is InChI=1S/C21H20Cl2F3N3O3S2/c1-4-15-27-18(20(30)29-10-6-5-7-11(29)2)19(33-15)13-8-9-14(17(23)16(13)22)34(31,32)28-12(3)21(24,25)26/h1,8-9,11-12,28H,5-7,10H2,2-3H3. The molecular weight excluding hydrogens is 534 g/mol. The Balaban J connectivity index is 2.05. The van der Waals surface area contributed by atoms with Crippen LogP contribution in [0.3, 0.4) is 0 Å². The van der Waals surface area contributed by atoms with Gasteiger partial charge in [-0.3, -0.25) is 4.79 Å². The summed E-state index contributed by atoms with van der Waals surface area (Å²) in [6.07, 6.45) is 3.38. The third kappa shape index (κ3) is 5.36. The van der Waals surface area contributed by atoms with E-state index in [0.29, 0.717) is 18.3 Å². The van der Waals surface area contributed by atoms with E-state index in [0.717, 1.165) is 36.7 Å². The van der Waals surface area contributed by atoms with Crippen LogP contribution in [0.4, 0.5) is 13.2 Å². The van der Waals surface area contributed by atoms with Crippen LogP contribution in [0.2, 0.25) is 10.0 Å². The summed E-state index contributed by atoms with van der Waals surface area (Å²) >= 11 is 13.6. The average Bonchev–Trinajstić information content (AvgIpc) is 3.18. The lowest BCUT2D eigenvalue weighted by Gasteiger charge is -2.33. The molecule has 0 saturated carbocycles. The highest BCUT2D eigenvalue weighted by Crippen LogP contribution is 2.42. The summed E-state index contributed by atoms with van der Waals surface area (Å²) in [5.41, 5.74) is 0.255. The third-order valence-corrected chi connectivity index (χ3v) is 9.02. The Morgan fingerprint density at radius 1 is 1.32 bits per heavy atom. The SMILES string of the molecule is C#Cc1nc(C(=O)N2CCCCC2C)c(-c2ccc(S(=O)(=O)NC(C)C(F)(F)F)c(Cl)c2Cl)s1. The molecule has 2 atom stereocenters. The number of piperidine rings is 1. The van der Waals surface area contributed by atoms with Gasteiger partial charge in [0.15, 0.2) is 5.01 Å². The van der Waals surface area contributed by atoms with Crippen LogP contribution < -0.4 is 4.72 Å². The van der Waals surface area contributed by atoms with Gasteiger partial charge in [0.1, 0.15) is 16.6 Å². The van der Waals surface area contributed by atoms with Crippen molar-refractivity contribution in [1.29, 1.82) is 0 Å². The van der Waals surface area contributed by atoms with Crippen LogP contribution in [0.1, 0.15) is 48.6 Å². The lowest BCUT2D eigenvalue weighted by atomic mass is 10.0. The maximum atomic E-state index is 13.3. The fourth-order valence-electron chi connectivity index (χ4n) is 3.52. The van der Waals surface area contributed by atoms with Crippen LogP contribution in [0.15, 0.2) is 17.0 Å². The summed E-state index contributed by atoms with van der Waals surface area (Å²) in [4.78, 5) is 18.9. The Morgan fingerprint density at radius 2 is 2.00 bits per heavy atom. The number of amides is 1. The monoisotopic (exact) mass is 553 g/mol. The fraction of sp³-hybridized carbons (Fsp3) is 0.429. The number of carbonyl (C=O) groups excluding carboxylic acids is 1. The minimum absolute atomic E-state index is 0.00152. The Labute approximate surface area is 209 Å². The second-order valence-electron chi connectivity index (χ2n) is 7.81. The molecule has 34 heavy (non-hydrogen) atoms. The smallest absolute Gasteiger partial charge is 0.335 e. The summed E-state index contributed by atoms with van der Waals surface area (Å²) in [7, 11) is -4.65. The molecule has 2 heterocycles. The number of aromatic nitrogens is 1. The number of nitrogens with one attached hydrogen (secondary N) is 1. The molecule has 1 aliphatic rings. The minimum atomic E-state index is -4.79. The minimum Gasteiger partial charge on any atom is -0.335 e. The van der Waals surface area contributed by atoms with Gasteiger partial charge < -0.3 is 4.90 Å². The molecular formula is C21H20Cl2F3N3O3S2. The van der Waals surface area contributed by atoms with E-state index in [1.807, 2.05) is 6.92 Å². The van der Waals surface area contributed by atoms with E-state index in [2.05, 4.69) is 10.9 Å². The van der Waals surface area contributed by atoms with Gasteiger partial charge in [-0.25, -0.2) is 13.4 Å². The van der Waals surface area contributed by atoms with Gasteiger partial charge in [0, 0.05) is 18.2 Å². The number of halogens is 5. The Bertz CT molecular complexity index is 1260. The number of benzene rings is 1. The summed E-state index contributed by atoms with van der Waals surface area (Å²) in [6, 6.07) is -0.0476. The van der Waals surface area contributed by atoms with Crippen LogP contribution in [0, 0.1) is 12.3 Å². The van der Waals surface area contributed by atoms with Crippen molar-refractivity contribution in [2.75, 3.05) is 6.54 Å². The predicted octanol–water partition coefficient (Wildman–Crippen LogP) is 5.34. The van der Waals surface area contributed by atoms with E-state index >= 15 is 0 Å². The molecule has 1 aromatic carbocycles. The van der Waals surface area contributed by atoms with Crippen molar-refractivity contribution >= 4 is 50.5 Å². The molecule has 0 spiro atoms. The molecule has 1 aliphatic heterocycles. The molecule has 0 bridgehead atoms. The number of hydrogen-bond acceptors (Lipinski definition) is 5. The molecule has 1 aromatic heterocycles. The first-order chi connectivity index (χ1) is 15.8. The van der Waals surface area contributed by atoms with Crippen LogP contribution in [0.5, 0.6) is 0 Å². The first-order valence-electron chi connectivity index (χ1n) is 10.1. The highest BCUT2D eigenvalue weighted by molar-refractivity contribution is 7.89. The Hall–Kier alpha value is -1.84. The summed E-state index contributed by atoms with van der Waals surface area (Å²) in [6.45, 7) is 3.15. The number of carbonyl (C=O) groups is 1. The summed E-state index contributed by atoms with van der Waals surface area (Å²) < 4.78 is 65.2. The normalized spacial score (nSPS) is 17.9. The molecule has 1 amide bonds. The van der Waals surface area contributed by atoms with Gasteiger partial charge in [-0.1, -0.05) is 29.3 Å². The van der Waals surface area contributed by atoms with Gasteiger partial charge in [0.25, 0.3) is 5.91 Å². The molecule has 2 unspecified atom stereocenters. The molecule has 2 aromatic rings. The highest BCUT2D eigenvalue weighted by Gasteiger charge is 2.39. The van der Waals surface area contributed by atoms with Crippen LogP contribution in [-0.2, 0) is 10.0 Å². The lowest BCUT2D eigenvalue weighted by Crippen LogP contribution is -2.43. The number of likely N-dealkylation sites (tertiary alicyclic amines) is 1. The topological polar surface area (TPSA) is 79.4 Å².